The van der Waals surface area contributed by atoms with Gasteiger partial charge in [-0.1, -0.05) is 18.5 Å². The number of aliphatic hydroxyl groups excluding tert-OH is 1. The molecule has 5 heteroatoms. The van der Waals surface area contributed by atoms with Gasteiger partial charge in [-0.3, -0.25) is 4.68 Å². The first-order valence-corrected chi connectivity index (χ1v) is 5.17. The van der Waals surface area contributed by atoms with Gasteiger partial charge in [0.25, 0.3) is 0 Å². The molecule has 0 saturated carbocycles. The van der Waals surface area contributed by atoms with Crippen LogP contribution in [0.4, 0.5) is 0 Å². The third-order valence-electron chi connectivity index (χ3n) is 1.81. The number of nitrogens with zero attached hydrogens (tertiary/aromatic N) is 2. The first kappa shape index (κ1) is 11.5. The predicted molar refractivity (Wildman–Crippen MR) is 56.4 cm³/mol. The molecule has 1 aromatic rings. The molecule has 1 aromatic heterocycles. The van der Waals surface area contributed by atoms with E-state index >= 15 is 0 Å². The Balaban J connectivity index is 2.23. The van der Waals surface area contributed by atoms with Gasteiger partial charge in [-0.15, -0.1) is 0 Å². The lowest BCUT2D eigenvalue weighted by Crippen LogP contribution is -2.30. The molecule has 4 nitrogen and oxygen atoms in total. The van der Waals surface area contributed by atoms with Gasteiger partial charge in [0, 0.05) is 12.7 Å². The van der Waals surface area contributed by atoms with Crippen LogP contribution in [0.3, 0.4) is 0 Å². The van der Waals surface area contributed by atoms with Gasteiger partial charge in [0.05, 0.1) is 23.9 Å². The lowest BCUT2D eigenvalue weighted by atomic mass is 10.3. The molecule has 80 valence electrons. The van der Waals surface area contributed by atoms with E-state index in [4.69, 9.17) is 11.6 Å². The molecule has 0 amide bonds. The van der Waals surface area contributed by atoms with Crippen LogP contribution in [-0.4, -0.2) is 34.1 Å². The molecule has 0 radical (unpaired) electrons. The van der Waals surface area contributed by atoms with E-state index in [2.05, 4.69) is 17.3 Å². The van der Waals surface area contributed by atoms with E-state index in [-0.39, 0.29) is 0 Å². The second-order valence-electron chi connectivity index (χ2n) is 3.24. The van der Waals surface area contributed by atoms with Crippen LogP contribution in [0.25, 0.3) is 0 Å². The number of hydrogen-bond acceptors (Lipinski definition) is 3. The maximum Gasteiger partial charge on any atom is 0.0860 e. The Morgan fingerprint density at radius 2 is 2.50 bits per heavy atom. The maximum atomic E-state index is 9.57. The summed E-state index contributed by atoms with van der Waals surface area (Å²) in [6.07, 6.45) is 3.91. The molecule has 0 aliphatic rings. The quantitative estimate of drug-likeness (QED) is 0.697. The number of hydrogen-bond donors (Lipinski definition) is 2. The highest BCUT2D eigenvalue weighted by Gasteiger charge is 2.05. The number of halogens is 1. The Bertz CT molecular complexity index is 264. The van der Waals surface area contributed by atoms with E-state index in [1.807, 2.05) is 0 Å². The minimum Gasteiger partial charge on any atom is -0.390 e. The molecule has 1 heterocycles. The van der Waals surface area contributed by atoms with Crippen LogP contribution >= 0.6 is 11.6 Å². The van der Waals surface area contributed by atoms with Crippen molar-refractivity contribution in [2.24, 2.45) is 0 Å². The Morgan fingerprint density at radius 3 is 3.07 bits per heavy atom. The average Bonchev–Trinajstić information content (AvgIpc) is 2.52. The van der Waals surface area contributed by atoms with E-state index < -0.39 is 6.10 Å². The molecule has 2 N–H and O–H groups in total. The zero-order valence-electron chi connectivity index (χ0n) is 8.28. The third kappa shape index (κ3) is 4.09. The van der Waals surface area contributed by atoms with Gasteiger partial charge in [0.15, 0.2) is 0 Å². The van der Waals surface area contributed by atoms with Crippen molar-refractivity contribution < 1.29 is 5.11 Å². The van der Waals surface area contributed by atoms with E-state index in [9.17, 15) is 5.11 Å². The van der Waals surface area contributed by atoms with Crippen LogP contribution in [0.5, 0.6) is 0 Å². The molecule has 0 aliphatic carbocycles. The molecule has 1 rings (SSSR count). The molecule has 1 unspecified atom stereocenters. The highest BCUT2D eigenvalue weighted by atomic mass is 35.5. The first-order chi connectivity index (χ1) is 6.72. The van der Waals surface area contributed by atoms with Crippen molar-refractivity contribution in [3.05, 3.63) is 17.4 Å². The molecular weight excluding hydrogens is 202 g/mol. The predicted octanol–water partition coefficient (Wildman–Crippen LogP) is 0.897. The largest absolute Gasteiger partial charge is 0.390 e. The van der Waals surface area contributed by atoms with E-state index in [0.29, 0.717) is 18.1 Å². The summed E-state index contributed by atoms with van der Waals surface area (Å²) in [4.78, 5) is 0. The molecule has 14 heavy (non-hydrogen) atoms. The summed E-state index contributed by atoms with van der Waals surface area (Å²) in [5.41, 5.74) is 0. The third-order valence-corrected chi connectivity index (χ3v) is 2.00. The summed E-state index contributed by atoms with van der Waals surface area (Å²) in [7, 11) is 0. The van der Waals surface area contributed by atoms with Crippen molar-refractivity contribution in [3.63, 3.8) is 0 Å². The smallest absolute Gasteiger partial charge is 0.0860 e. The minimum atomic E-state index is -0.419. The van der Waals surface area contributed by atoms with Crippen molar-refractivity contribution in [1.29, 1.82) is 0 Å². The summed E-state index contributed by atoms with van der Waals surface area (Å²) >= 11 is 5.69. The number of aliphatic hydroxyl groups is 1. The summed E-state index contributed by atoms with van der Waals surface area (Å²) in [6, 6.07) is 0. The van der Waals surface area contributed by atoms with Gasteiger partial charge in [-0.25, -0.2) is 0 Å². The van der Waals surface area contributed by atoms with E-state index in [1.54, 1.807) is 17.1 Å². The van der Waals surface area contributed by atoms with Crippen molar-refractivity contribution in [3.8, 4) is 0 Å². The topological polar surface area (TPSA) is 50.1 Å². The van der Waals surface area contributed by atoms with Gasteiger partial charge in [0.2, 0.25) is 0 Å². The van der Waals surface area contributed by atoms with Gasteiger partial charge in [0.1, 0.15) is 0 Å². The zero-order valence-corrected chi connectivity index (χ0v) is 9.04. The SMILES string of the molecule is CCCNCC(O)Cn1cc(Cl)cn1. The summed E-state index contributed by atoms with van der Waals surface area (Å²) in [5.74, 6) is 0. The fraction of sp³-hybridized carbons (Fsp3) is 0.667. The Morgan fingerprint density at radius 1 is 1.71 bits per heavy atom. The molecule has 0 aliphatic heterocycles. The summed E-state index contributed by atoms with van der Waals surface area (Å²) in [5, 5.41) is 17.3. The molecule has 0 saturated heterocycles. The molecule has 1 atom stereocenters. The van der Waals surface area contributed by atoms with Crippen LogP contribution < -0.4 is 5.32 Å². The lowest BCUT2D eigenvalue weighted by molar-refractivity contribution is 0.147. The molecule has 0 spiro atoms. The van der Waals surface area contributed by atoms with Crippen molar-refractivity contribution in [1.82, 2.24) is 15.1 Å². The Kier molecular flexibility index (Phi) is 4.93. The highest BCUT2D eigenvalue weighted by Crippen LogP contribution is 2.04. The molecule has 0 bridgehead atoms. The molecule has 0 aromatic carbocycles. The fourth-order valence-corrected chi connectivity index (χ4v) is 1.32. The minimum absolute atomic E-state index is 0.419. The number of aromatic nitrogens is 2. The second kappa shape index (κ2) is 6.01. The zero-order chi connectivity index (χ0) is 10.4. The van der Waals surface area contributed by atoms with Crippen LogP contribution in [0.2, 0.25) is 5.02 Å². The first-order valence-electron chi connectivity index (χ1n) is 4.79. The van der Waals surface area contributed by atoms with Crippen molar-refractivity contribution >= 4 is 11.6 Å². The van der Waals surface area contributed by atoms with Gasteiger partial charge in [-0.2, -0.15) is 5.10 Å². The van der Waals surface area contributed by atoms with Crippen LogP contribution in [0, 0.1) is 0 Å². The highest BCUT2D eigenvalue weighted by molar-refractivity contribution is 6.30. The Labute approximate surface area is 88.9 Å². The normalized spacial score (nSPS) is 13.1. The van der Waals surface area contributed by atoms with E-state index in [0.717, 1.165) is 13.0 Å². The van der Waals surface area contributed by atoms with Gasteiger partial charge >= 0.3 is 0 Å². The molecular formula is C9H16ClN3O. The standard InChI is InChI=1S/C9H16ClN3O/c1-2-3-11-5-9(14)7-13-6-8(10)4-12-13/h4,6,9,11,14H,2-3,5,7H2,1H3. The molecule has 0 fully saturated rings. The number of nitrogens with one attached hydrogen (secondary N) is 1. The van der Waals surface area contributed by atoms with Crippen LogP contribution in [0.1, 0.15) is 13.3 Å². The lowest BCUT2D eigenvalue weighted by Gasteiger charge is -2.10. The van der Waals surface area contributed by atoms with Crippen LogP contribution in [0.15, 0.2) is 12.4 Å². The van der Waals surface area contributed by atoms with E-state index in [1.165, 1.54) is 0 Å². The Hall–Kier alpha value is -0.580. The maximum absolute atomic E-state index is 9.57. The van der Waals surface area contributed by atoms with Gasteiger partial charge in [-0.05, 0) is 13.0 Å². The van der Waals surface area contributed by atoms with Crippen molar-refractivity contribution in [2.45, 2.75) is 26.0 Å². The fourth-order valence-electron chi connectivity index (χ4n) is 1.16. The monoisotopic (exact) mass is 217 g/mol. The van der Waals surface area contributed by atoms with Crippen molar-refractivity contribution in [2.75, 3.05) is 13.1 Å². The second-order valence-corrected chi connectivity index (χ2v) is 3.67. The van der Waals surface area contributed by atoms with Gasteiger partial charge < -0.3 is 10.4 Å². The average molecular weight is 218 g/mol. The van der Waals surface area contributed by atoms with Crippen LogP contribution in [-0.2, 0) is 6.54 Å². The summed E-state index contributed by atoms with van der Waals surface area (Å²) in [6.45, 7) is 4.08. The number of rotatable bonds is 6. The summed E-state index contributed by atoms with van der Waals surface area (Å²) < 4.78 is 1.64.